The molecule has 18 heavy (non-hydrogen) atoms. The molecule has 1 unspecified atom stereocenters. The molecule has 0 amide bonds. The molecule has 0 radical (unpaired) electrons. The summed E-state index contributed by atoms with van der Waals surface area (Å²) in [5.41, 5.74) is 6.75. The Morgan fingerprint density at radius 2 is 2.06 bits per heavy atom. The Balaban J connectivity index is 2.68. The van der Waals surface area contributed by atoms with Crippen LogP contribution in [0.4, 0.5) is 0 Å². The second-order valence-electron chi connectivity index (χ2n) is 3.87. The van der Waals surface area contributed by atoms with E-state index < -0.39 is 0 Å². The van der Waals surface area contributed by atoms with Crippen LogP contribution in [-0.4, -0.2) is 26.8 Å². The van der Waals surface area contributed by atoms with Crippen LogP contribution in [0.5, 0.6) is 11.5 Å². The van der Waals surface area contributed by atoms with Gasteiger partial charge in [0, 0.05) is 6.04 Å². The average Bonchev–Trinajstić information content (AvgIpc) is 2.38. The quantitative estimate of drug-likeness (QED) is 0.781. The molecular weight excluding hydrogens is 234 g/mol. The molecule has 0 saturated carbocycles. The molecule has 0 aliphatic carbocycles. The van der Waals surface area contributed by atoms with Crippen molar-refractivity contribution in [1.82, 2.24) is 0 Å². The highest BCUT2D eigenvalue weighted by Gasteiger charge is 2.09. The van der Waals surface area contributed by atoms with Crippen molar-refractivity contribution in [3.05, 3.63) is 23.8 Å². The minimum absolute atomic E-state index is 0.0666. The first-order valence-corrected chi connectivity index (χ1v) is 5.71. The standard InChI is InChI=1S/C13H19NO4/c1-9(14)10-4-5-11(12(8-10)16-2)18-7-6-13(15)17-3/h4-5,8-9H,6-7,14H2,1-3H3. The minimum atomic E-state index is -0.304. The number of carbonyl (C=O) groups excluding carboxylic acids is 1. The van der Waals surface area contributed by atoms with E-state index in [-0.39, 0.29) is 25.0 Å². The molecule has 0 saturated heterocycles. The van der Waals surface area contributed by atoms with Crippen LogP contribution in [-0.2, 0) is 9.53 Å². The van der Waals surface area contributed by atoms with Crippen molar-refractivity contribution >= 4 is 5.97 Å². The summed E-state index contributed by atoms with van der Waals surface area (Å²) < 4.78 is 15.2. The highest BCUT2D eigenvalue weighted by Crippen LogP contribution is 2.29. The predicted molar refractivity (Wildman–Crippen MR) is 67.7 cm³/mol. The number of methoxy groups -OCH3 is 2. The first-order chi connectivity index (χ1) is 8.58. The van der Waals surface area contributed by atoms with Crippen LogP contribution in [0.3, 0.4) is 0 Å². The van der Waals surface area contributed by atoms with E-state index in [0.29, 0.717) is 11.5 Å². The van der Waals surface area contributed by atoms with Crippen molar-refractivity contribution < 1.29 is 19.0 Å². The highest BCUT2D eigenvalue weighted by molar-refractivity contribution is 5.69. The molecule has 0 fully saturated rings. The van der Waals surface area contributed by atoms with Gasteiger partial charge in [0.2, 0.25) is 0 Å². The molecule has 1 aromatic rings. The number of esters is 1. The van der Waals surface area contributed by atoms with Gasteiger partial charge >= 0.3 is 5.97 Å². The first-order valence-electron chi connectivity index (χ1n) is 5.71. The number of ether oxygens (including phenoxy) is 3. The maximum atomic E-state index is 10.9. The van der Waals surface area contributed by atoms with Gasteiger partial charge in [0.1, 0.15) is 0 Å². The molecule has 0 aromatic heterocycles. The van der Waals surface area contributed by atoms with E-state index in [1.165, 1.54) is 7.11 Å². The lowest BCUT2D eigenvalue weighted by Crippen LogP contribution is -2.09. The first kappa shape index (κ1) is 14.3. The predicted octanol–water partition coefficient (Wildman–Crippen LogP) is 1.66. The zero-order chi connectivity index (χ0) is 13.5. The van der Waals surface area contributed by atoms with Gasteiger partial charge in [-0.05, 0) is 24.6 Å². The van der Waals surface area contributed by atoms with Crippen LogP contribution in [0, 0.1) is 0 Å². The van der Waals surface area contributed by atoms with Crippen LogP contribution in [0.15, 0.2) is 18.2 Å². The van der Waals surface area contributed by atoms with E-state index in [1.54, 1.807) is 13.2 Å². The molecule has 1 rings (SSSR count). The fourth-order valence-electron chi connectivity index (χ4n) is 1.43. The SMILES string of the molecule is COC(=O)CCOc1ccc(C(C)N)cc1OC. The molecule has 1 atom stereocenters. The third-order valence-electron chi connectivity index (χ3n) is 2.50. The molecule has 100 valence electrons. The molecular formula is C13H19NO4. The van der Waals surface area contributed by atoms with E-state index >= 15 is 0 Å². The summed E-state index contributed by atoms with van der Waals surface area (Å²) in [7, 11) is 2.91. The van der Waals surface area contributed by atoms with Crippen LogP contribution < -0.4 is 15.2 Å². The highest BCUT2D eigenvalue weighted by atomic mass is 16.5. The number of hydrogen-bond acceptors (Lipinski definition) is 5. The monoisotopic (exact) mass is 253 g/mol. The summed E-state index contributed by atoms with van der Waals surface area (Å²) >= 11 is 0. The third-order valence-corrected chi connectivity index (χ3v) is 2.50. The maximum absolute atomic E-state index is 10.9. The lowest BCUT2D eigenvalue weighted by molar-refractivity contribution is -0.141. The lowest BCUT2D eigenvalue weighted by atomic mass is 10.1. The Bertz CT molecular complexity index is 404. The van der Waals surface area contributed by atoms with Gasteiger partial charge < -0.3 is 19.9 Å². The Hall–Kier alpha value is -1.75. The van der Waals surface area contributed by atoms with Crippen molar-refractivity contribution in [1.29, 1.82) is 0 Å². The Morgan fingerprint density at radius 3 is 2.61 bits per heavy atom. The number of hydrogen-bond donors (Lipinski definition) is 1. The number of nitrogens with two attached hydrogens (primary N) is 1. The topological polar surface area (TPSA) is 70.8 Å². The van der Waals surface area contributed by atoms with Gasteiger partial charge in [-0.3, -0.25) is 4.79 Å². The Labute approximate surface area is 107 Å². The van der Waals surface area contributed by atoms with Gasteiger partial charge in [-0.2, -0.15) is 0 Å². The van der Waals surface area contributed by atoms with Gasteiger partial charge in [0.15, 0.2) is 11.5 Å². The van der Waals surface area contributed by atoms with Crippen molar-refractivity contribution in [2.45, 2.75) is 19.4 Å². The van der Waals surface area contributed by atoms with Crippen molar-refractivity contribution in [3.8, 4) is 11.5 Å². The van der Waals surface area contributed by atoms with Crippen molar-refractivity contribution in [2.24, 2.45) is 5.73 Å². The summed E-state index contributed by atoms with van der Waals surface area (Å²) in [6.07, 6.45) is 0.203. The molecule has 5 heteroatoms. The van der Waals surface area contributed by atoms with Crippen molar-refractivity contribution in [2.75, 3.05) is 20.8 Å². The van der Waals surface area contributed by atoms with E-state index in [4.69, 9.17) is 15.2 Å². The van der Waals surface area contributed by atoms with Gasteiger partial charge in [0.25, 0.3) is 0 Å². The zero-order valence-corrected chi connectivity index (χ0v) is 10.9. The van der Waals surface area contributed by atoms with Gasteiger partial charge in [-0.15, -0.1) is 0 Å². The van der Waals surface area contributed by atoms with Crippen LogP contribution >= 0.6 is 0 Å². The molecule has 0 spiro atoms. The second-order valence-corrected chi connectivity index (χ2v) is 3.87. The van der Waals surface area contributed by atoms with E-state index in [1.807, 2.05) is 19.1 Å². The molecule has 0 bridgehead atoms. The largest absolute Gasteiger partial charge is 0.493 e. The third kappa shape index (κ3) is 3.92. The Kier molecular flexibility index (Phi) is 5.45. The Morgan fingerprint density at radius 1 is 1.33 bits per heavy atom. The van der Waals surface area contributed by atoms with Gasteiger partial charge in [0.05, 0.1) is 27.2 Å². The molecule has 0 aliphatic heterocycles. The smallest absolute Gasteiger partial charge is 0.308 e. The zero-order valence-electron chi connectivity index (χ0n) is 10.9. The molecule has 5 nitrogen and oxygen atoms in total. The van der Waals surface area contributed by atoms with Crippen LogP contribution in [0.1, 0.15) is 24.9 Å². The average molecular weight is 253 g/mol. The molecule has 0 heterocycles. The van der Waals surface area contributed by atoms with E-state index in [0.717, 1.165) is 5.56 Å². The number of benzene rings is 1. The van der Waals surface area contributed by atoms with Crippen LogP contribution in [0.2, 0.25) is 0 Å². The summed E-state index contributed by atoms with van der Waals surface area (Å²) in [5, 5.41) is 0. The molecule has 0 aliphatic rings. The normalized spacial score (nSPS) is 11.8. The number of carbonyl (C=O) groups is 1. The fourth-order valence-corrected chi connectivity index (χ4v) is 1.43. The summed E-state index contributed by atoms with van der Waals surface area (Å²) in [6, 6.07) is 5.43. The summed E-state index contributed by atoms with van der Waals surface area (Å²) in [6.45, 7) is 2.15. The second kappa shape index (κ2) is 6.86. The minimum Gasteiger partial charge on any atom is -0.493 e. The van der Waals surface area contributed by atoms with Gasteiger partial charge in [-0.25, -0.2) is 0 Å². The molecule has 2 N–H and O–H groups in total. The summed E-state index contributed by atoms with van der Waals surface area (Å²) in [5.74, 6) is 0.890. The van der Waals surface area contributed by atoms with Crippen molar-refractivity contribution in [3.63, 3.8) is 0 Å². The lowest BCUT2D eigenvalue weighted by Gasteiger charge is -2.13. The maximum Gasteiger partial charge on any atom is 0.308 e. The van der Waals surface area contributed by atoms with Gasteiger partial charge in [-0.1, -0.05) is 6.07 Å². The van der Waals surface area contributed by atoms with E-state index in [2.05, 4.69) is 4.74 Å². The summed E-state index contributed by atoms with van der Waals surface area (Å²) in [4.78, 5) is 10.9. The fraction of sp³-hybridized carbons (Fsp3) is 0.462. The number of rotatable bonds is 6. The van der Waals surface area contributed by atoms with E-state index in [9.17, 15) is 4.79 Å². The van der Waals surface area contributed by atoms with Crippen LogP contribution in [0.25, 0.3) is 0 Å². The molecule has 1 aromatic carbocycles.